The average molecular weight is 335 g/mol. The van der Waals surface area contributed by atoms with E-state index in [1.165, 1.54) is 0 Å². The zero-order valence-corrected chi connectivity index (χ0v) is 15.5. The minimum Gasteiger partial charge on any atom is -0.489 e. The molecule has 1 aromatic carbocycles. The third kappa shape index (κ3) is 5.85. The van der Waals surface area contributed by atoms with E-state index in [4.69, 9.17) is 4.74 Å². The molecule has 0 aliphatic rings. The largest absolute Gasteiger partial charge is 0.489 e. The molecule has 0 fully saturated rings. The Morgan fingerprint density at radius 3 is 2.38 bits per heavy atom. The fourth-order valence-electron chi connectivity index (χ4n) is 1.92. The SMILES string of the molecule is CC(C)Oc1ccccc1NC(=O)C(C)(C)C(=O)NCCN(C)C. The molecule has 0 atom stereocenters. The second-order valence-electron chi connectivity index (χ2n) is 6.80. The maximum absolute atomic E-state index is 12.6. The third-order valence-electron chi connectivity index (χ3n) is 3.48. The van der Waals surface area contributed by atoms with Crippen LogP contribution >= 0.6 is 0 Å². The number of likely N-dealkylation sites (N-methyl/N-ethyl adjacent to an activating group) is 1. The summed E-state index contributed by atoms with van der Waals surface area (Å²) >= 11 is 0. The summed E-state index contributed by atoms with van der Waals surface area (Å²) in [5, 5.41) is 5.60. The maximum Gasteiger partial charge on any atom is 0.239 e. The number of carbonyl (C=O) groups excluding carboxylic acids is 2. The molecule has 0 bridgehead atoms. The van der Waals surface area contributed by atoms with Crippen molar-refractivity contribution in [2.24, 2.45) is 5.41 Å². The van der Waals surface area contributed by atoms with Crippen molar-refractivity contribution in [3.8, 4) is 5.75 Å². The standard InChI is InChI=1S/C18H29N3O3/c1-13(2)24-15-10-8-7-9-14(15)20-17(23)18(3,4)16(22)19-11-12-21(5)6/h7-10,13H,11-12H2,1-6H3,(H,19,22)(H,20,23). The first-order valence-corrected chi connectivity index (χ1v) is 8.14. The molecule has 0 aromatic heterocycles. The second kappa shape index (κ2) is 8.68. The van der Waals surface area contributed by atoms with Gasteiger partial charge in [-0.3, -0.25) is 9.59 Å². The van der Waals surface area contributed by atoms with Gasteiger partial charge in [0.15, 0.2) is 0 Å². The Labute approximate surface area is 144 Å². The zero-order chi connectivity index (χ0) is 18.3. The summed E-state index contributed by atoms with van der Waals surface area (Å²) in [7, 11) is 3.85. The Kier molecular flexibility index (Phi) is 7.22. The van der Waals surface area contributed by atoms with Gasteiger partial charge < -0.3 is 20.3 Å². The van der Waals surface area contributed by atoms with Gasteiger partial charge >= 0.3 is 0 Å². The van der Waals surface area contributed by atoms with E-state index in [0.717, 1.165) is 0 Å². The van der Waals surface area contributed by atoms with Crippen LogP contribution in [0, 0.1) is 5.41 Å². The molecule has 2 N–H and O–H groups in total. The van der Waals surface area contributed by atoms with Crippen LogP contribution in [0.1, 0.15) is 27.7 Å². The van der Waals surface area contributed by atoms with Crippen LogP contribution in [-0.4, -0.2) is 50.0 Å². The number of carbonyl (C=O) groups is 2. The number of ether oxygens (including phenoxy) is 1. The fraction of sp³-hybridized carbons (Fsp3) is 0.556. The highest BCUT2D eigenvalue weighted by Gasteiger charge is 2.36. The van der Waals surface area contributed by atoms with E-state index in [-0.39, 0.29) is 17.9 Å². The van der Waals surface area contributed by atoms with Crippen molar-refractivity contribution in [2.45, 2.75) is 33.8 Å². The molecule has 0 aliphatic carbocycles. The monoisotopic (exact) mass is 335 g/mol. The predicted molar refractivity (Wildman–Crippen MR) is 96.2 cm³/mol. The van der Waals surface area contributed by atoms with E-state index < -0.39 is 5.41 Å². The number of para-hydroxylation sites is 2. The Balaban J connectivity index is 2.77. The van der Waals surface area contributed by atoms with E-state index in [9.17, 15) is 9.59 Å². The van der Waals surface area contributed by atoms with E-state index in [1.54, 1.807) is 26.0 Å². The van der Waals surface area contributed by atoms with Gasteiger partial charge in [-0.1, -0.05) is 12.1 Å². The fourth-order valence-corrected chi connectivity index (χ4v) is 1.92. The number of rotatable bonds is 8. The van der Waals surface area contributed by atoms with Crippen LogP contribution in [0.25, 0.3) is 0 Å². The lowest BCUT2D eigenvalue weighted by molar-refractivity contribution is -0.138. The van der Waals surface area contributed by atoms with Gasteiger partial charge in [0.25, 0.3) is 0 Å². The lowest BCUT2D eigenvalue weighted by Gasteiger charge is -2.24. The molecule has 2 amide bonds. The van der Waals surface area contributed by atoms with E-state index in [1.807, 2.05) is 45.0 Å². The van der Waals surface area contributed by atoms with E-state index in [0.29, 0.717) is 24.5 Å². The molecule has 0 radical (unpaired) electrons. The minimum atomic E-state index is -1.18. The number of hydrogen-bond donors (Lipinski definition) is 2. The van der Waals surface area contributed by atoms with Crippen molar-refractivity contribution in [3.63, 3.8) is 0 Å². The highest BCUT2D eigenvalue weighted by atomic mass is 16.5. The van der Waals surface area contributed by atoms with Crippen LogP contribution in [0.4, 0.5) is 5.69 Å². The number of hydrogen-bond acceptors (Lipinski definition) is 4. The zero-order valence-electron chi connectivity index (χ0n) is 15.5. The summed E-state index contributed by atoms with van der Waals surface area (Å²) in [5.41, 5.74) is -0.623. The van der Waals surface area contributed by atoms with Gasteiger partial charge in [0, 0.05) is 13.1 Å². The predicted octanol–water partition coefficient (Wildman–Crippen LogP) is 2.12. The Hall–Kier alpha value is -2.08. The molecular formula is C18H29N3O3. The molecule has 0 aliphatic heterocycles. The van der Waals surface area contributed by atoms with Crippen LogP contribution in [0.3, 0.4) is 0 Å². The van der Waals surface area contributed by atoms with Gasteiger partial charge in [-0.05, 0) is 53.9 Å². The molecule has 0 unspecified atom stereocenters. The summed E-state index contributed by atoms with van der Waals surface area (Å²) in [6, 6.07) is 7.20. The number of nitrogens with one attached hydrogen (secondary N) is 2. The molecule has 0 saturated carbocycles. The average Bonchev–Trinajstić information content (AvgIpc) is 2.48. The van der Waals surface area contributed by atoms with Gasteiger partial charge in [-0.2, -0.15) is 0 Å². The van der Waals surface area contributed by atoms with Crippen LogP contribution in [-0.2, 0) is 9.59 Å². The Morgan fingerprint density at radius 2 is 1.79 bits per heavy atom. The number of anilines is 1. The van der Waals surface area contributed by atoms with Crippen molar-refractivity contribution in [1.29, 1.82) is 0 Å². The van der Waals surface area contributed by atoms with Crippen molar-refractivity contribution in [1.82, 2.24) is 10.2 Å². The van der Waals surface area contributed by atoms with Crippen LogP contribution in [0.5, 0.6) is 5.75 Å². The van der Waals surface area contributed by atoms with Gasteiger partial charge in [0.05, 0.1) is 11.8 Å². The molecule has 24 heavy (non-hydrogen) atoms. The summed E-state index contributed by atoms with van der Waals surface area (Å²) in [6.07, 6.45) is -0.00889. The van der Waals surface area contributed by atoms with E-state index in [2.05, 4.69) is 10.6 Å². The molecule has 0 spiro atoms. The van der Waals surface area contributed by atoms with Gasteiger partial charge in [0.1, 0.15) is 11.2 Å². The Morgan fingerprint density at radius 1 is 1.17 bits per heavy atom. The molecule has 0 heterocycles. The lowest BCUT2D eigenvalue weighted by atomic mass is 9.91. The van der Waals surface area contributed by atoms with Gasteiger partial charge in [0.2, 0.25) is 11.8 Å². The van der Waals surface area contributed by atoms with Crippen molar-refractivity contribution in [2.75, 3.05) is 32.5 Å². The molecule has 0 saturated heterocycles. The highest BCUT2D eigenvalue weighted by Crippen LogP contribution is 2.27. The third-order valence-corrected chi connectivity index (χ3v) is 3.48. The van der Waals surface area contributed by atoms with Crippen LogP contribution in [0.15, 0.2) is 24.3 Å². The first kappa shape index (κ1) is 20.0. The first-order chi connectivity index (χ1) is 11.1. The quantitative estimate of drug-likeness (QED) is 0.714. The smallest absolute Gasteiger partial charge is 0.239 e. The van der Waals surface area contributed by atoms with Crippen LogP contribution in [0.2, 0.25) is 0 Å². The van der Waals surface area contributed by atoms with E-state index >= 15 is 0 Å². The van der Waals surface area contributed by atoms with Gasteiger partial charge in [-0.25, -0.2) is 0 Å². The summed E-state index contributed by atoms with van der Waals surface area (Å²) in [4.78, 5) is 26.9. The molecule has 134 valence electrons. The minimum absolute atomic E-state index is 0.00889. The lowest BCUT2D eigenvalue weighted by Crippen LogP contribution is -2.46. The Bertz CT molecular complexity index is 568. The molecule has 1 rings (SSSR count). The second-order valence-corrected chi connectivity index (χ2v) is 6.80. The molecule has 6 nitrogen and oxygen atoms in total. The first-order valence-electron chi connectivity index (χ1n) is 8.14. The number of benzene rings is 1. The van der Waals surface area contributed by atoms with Crippen LogP contribution < -0.4 is 15.4 Å². The number of amides is 2. The summed E-state index contributed by atoms with van der Waals surface area (Å²) in [5.74, 6) is -0.0848. The van der Waals surface area contributed by atoms with Gasteiger partial charge in [-0.15, -0.1) is 0 Å². The molecular weight excluding hydrogens is 306 g/mol. The molecule has 1 aromatic rings. The summed E-state index contributed by atoms with van der Waals surface area (Å²) in [6.45, 7) is 8.27. The highest BCUT2D eigenvalue weighted by molar-refractivity contribution is 6.10. The topological polar surface area (TPSA) is 70.7 Å². The maximum atomic E-state index is 12.6. The van der Waals surface area contributed by atoms with Crippen molar-refractivity contribution < 1.29 is 14.3 Å². The van der Waals surface area contributed by atoms with Crippen molar-refractivity contribution in [3.05, 3.63) is 24.3 Å². The summed E-state index contributed by atoms with van der Waals surface area (Å²) < 4.78 is 5.69. The number of nitrogens with zero attached hydrogens (tertiary/aromatic N) is 1. The normalized spacial score (nSPS) is 11.5. The van der Waals surface area contributed by atoms with Crippen molar-refractivity contribution >= 4 is 17.5 Å². The molecule has 6 heteroatoms.